The summed E-state index contributed by atoms with van der Waals surface area (Å²) in [5.41, 5.74) is 2.89. The molecule has 22 heavy (non-hydrogen) atoms. The lowest BCUT2D eigenvalue weighted by Crippen LogP contribution is -2.15. The fourth-order valence-corrected chi connectivity index (χ4v) is 3.22. The van der Waals surface area contributed by atoms with E-state index in [9.17, 15) is 15.0 Å². The zero-order chi connectivity index (χ0) is 15.9. The molecule has 4 nitrogen and oxygen atoms in total. The van der Waals surface area contributed by atoms with Crippen LogP contribution in [0.25, 0.3) is 0 Å². The van der Waals surface area contributed by atoms with Crippen LogP contribution >= 0.6 is 0 Å². The molecule has 1 heterocycles. The first kappa shape index (κ1) is 14.7. The highest BCUT2D eigenvalue weighted by Crippen LogP contribution is 2.33. The largest absolute Gasteiger partial charge is 0.507 e. The number of aryl methyl sites for hydroxylation is 3. The second-order valence-electron chi connectivity index (χ2n) is 6.09. The normalized spacial score (nSPS) is 13.9. The molecular weight excluding hydrogens is 280 g/mol. The van der Waals surface area contributed by atoms with E-state index in [-0.39, 0.29) is 23.5 Å². The van der Waals surface area contributed by atoms with E-state index in [1.807, 2.05) is 26.0 Å². The Bertz CT molecular complexity index is 787. The van der Waals surface area contributed by atoms with E-state index < -0.39 is 5.63 Å². The van der Waals surface area contributed by atoms with Crippen molar-refractivity contribution in [1.82, 2.24) is 0 Å². The number of fused-ring (bicyclic) bond motifs is 1. The van der Waals surface area contributed by atoms with Crippen molar-refractivity contribution in [2.75, 3.05) is 0 Å². The highest BCUT2D eigenvalue weighted by Gasteiger charge is 2.22. The van der Waals surface area contributed by atoms with Crippen LogP contribution in [0.3, 0.4) is 0 Å². The fourth-order valence-electron chi connectivity index (χ4n) is 3.22. The molecule has 0 radical (unpaired) electrons. The van der Waals surface area contributed by atoms with Gasteiger partial charge in [0.05, 0.1) is 5.56 Å². The van der Waals surface area contributed by atoms with Gasteiger partial charge in [-0.2, -0.15) is 0 Å². The zero-order valence-corrected chi connectivity index (χ0v) is 12.9. The predicted molar refractivity (Wildman–Crippen MR) is 83.7 cm³/mol. The first-order valence-electron chi connectivity index (χ1n) is 7.63. The molecule has 0 amide bonds. The van der Waals surface area contributed by atoms with Gasteiger partial charge in [0.25, 0.3) is 0 Å². The Morgan fingerprint density at radius 3 is 2.59 bits per heavy atom. The highest BCUT2D eigenvalue weighted by atomic mass is 16.4. The maximum atomic E-state index is 12.2. The van der Waals surface area contributed by atoms with Crippen LogP contribution in [0, 0.1) is 13.8 Å². The molecule has 1 aliphatic rings. The minimum atomic E-state index is -0.503. The first-order chi connectivity index (χ1) is 10.5. The molecule has 0 spiro atoms. The van der Waals surface area contributed by atoms with Crippen molar-refractivity contribution in [3.05, 3.63) is 56.1 Å². The summed E-state index contributed by atoms with van der Waals surface area (Å²) >= 11 is 0. The zero-order valence-electron chi connectivity index (χ0n) is 12.9. The van der Waals surface area contributed by atoms with Crippen LogP contribution in [0.5, 0.6) is 11.5 Å². The van der Waals surface area contributed by atoms with E-state index >= 15 is 0 Å². The molecule has 0 saturated heterocycles. The monoisotopic (exact) mass is 300 g/mol. The molecule has 1 aromatic heterocycles. The lowest BCUT2D eigenvalue weighted by Gasteiger charge is -2.17. The number of benzene rings is 1. The van der Waals surface area contributed by atoms with Gasteiger partial charge < -0.3 is 14.6 Å². The fraction of sp³-hybridized carbons (Fsp3) is 0.389. The third-order valence-electron chi connectivity index (χ3n) is 4.34. The third kappa shape index (κ3) is 2.49. The molecule has 0 bridgehead atoms. The van der Waals surface area contributed by atoms with E-state index in [0.29, 0.717) is 17.7 Å². The van der Waals surface area contributed by atoms with Gasteiger partial charge in [-0.3, -0.25) is 0 Å². The van der Waals surface area contributed by atoms with Crippen molar-refractivity contribution >= 4 is 0 Å². The van der Waals surface area contributed by atoms with Gasteiger partial charge in [-0.15, -0.1) is 0 Å². The molecule has 0 unspecified atom stereocenters. The predicted octanol–water partition coefficient (Wildman–Crippen LogP) is 3.14. The number of aromatic hydroxyl groups is 2. The molecule has 3 rings (SSSR count). The summed E-state index contributed by atoms with van der Waals surface area (Å²) in [4.78, 5) is 12.2. The summed E-state index contributed by atoms with van der Waals surface area (Å²) < 4.78 is 5.39. The van der Waals surface area contributed by atoms with Crippen molar-refractivity contribution in [1.29, 1.82) is 0 Å². The standard InChI is InChI=1S/C18H20O4/c1-10-7-11(2)16(19)12(8-10)9-14-17(20)13-5-3-4-6-15(13)22-18(14)21/h7-8,19-20H,3-6,9H2,1-2H3. The average molecular weight is 300 g/mol. The van der Waals surface area contributed by atoms with Gasteiger partial charge in [0.2, 0.25) is 0 Å². The molecule has 1 aromatic carbocycles. The quantitative estimate of drug-likeness (QED) is 0.894. The van der Waals surface area contributed by atoms with Crippen LogP contribution < -0.4 is 5.63 Å². The van der Waals surface area contributed by atoms with Crippen LogP contribution in [-0.2, 0) is 19.3 Å². The van der Waals surface area contributed by atoms with Gasteiger partial charge >= 0.3 is 5.63 Å². The Labute approximate surface area is 129 Å². The first-order valence-corrected chi connectivity index (χ1v) is 7.63. The van der Waals surface area contributed by atoms with Crippen molar-refractivity contribution in [2.24, 2.45) is 0 Å². The van der Waals surface area contributed by atoms with Gasteiger partial charge in [-0.05, 0) is 44.2 Å². The number of rotatable bonds is 2. The molecule has 0 saturated carbocycles. The number of phenolic OH excluding ortho intramolecular Hbond substituents is 1. The lowest BCUT2D eigenvalue weighted by atomic mass is 9.93. The van der Waals surface area contributed by atoms with Crippen molar-refractivity contribution in [3.63, 3.8) is 0 Å². The smallest absolute Gasteiger partial charge is 0.343 e. The van der Waals surface area contributed by atoms with E-state index in [0.717, 1.165) is 36.0 Å². The molecule has 2 aromatic rings. The van der Waals surface area contributed by atoms with Crippen molar-refractivity contribution in [2.45, 2.75) is 46.0 Å². The SMILES string of the molecule is Cc1cc(C)c(O)c(Cc2c(O)c3c(oc2=O)CCCC3)c1. The second kappa shape index (κ2) is 5.52. The second-order valence-corrected chi connectivity index (χ2v) is 6.09. The van der Waals surface area contributed by atoms with Gasteiger partial charge in [-0.25, -0.2) is 4.79 Å². The van der Waals surface area contributed by atoms with Gasteiger partial charge in [-0.1, -0.05) is 17.7 Å². The highest BCUT2D eigenvalue weighted by molar-refractivity contribution is 5.48. The van der Waals surface area contributed by atoms with Gasteiger partial charge in [0.15, 0.2) is 0 Å². The molecular formula is C18H20O4. The molecule has 2 N–H and O–H groups in total. The Kier molecular flexibility index (Phi) is 3.69. The minimum Gasteiger partial charge on any atom is -0.507 e. The Morgan fingerprint density at radius 2 is 1.82 bits per heavy atom. The Hall–Kier alpha value is -2.23. The number of phenols is 1. The summed E-state index contributed by atoms with van der Waals surface area (Å²) in [6.07, 6.45) is 3.58. The van der Waals surface area contributed by atoms with Crippen molar-refractivity contribution < 1.29 is 14.6 Å². The van der Waals surface area contributed by atoms with Crippen LogP contribution in [0.2, 0.25) is 0 Å². The Balaban J connectivity index is 2.09. The van der Waals surface area contributed by atoms with Crippen LogP contribution in [0.4, 0.5) is 0 Å². The maximum Gasteiger partial charge on any atom is 0.343 e. The van der Waals surface area contributed by atoms with E-state index in [1.54, 1.807) is 0 Å². The maximum absolute atomic E-state index is 12.2. The van der Waals surface area contributed by atoms with Crippen LogP contribution in [0.1, 0.15) is 46.4 Å². The molecule has 116 valence electrons. The molecule has 0 fully saturated rings. The van der Waals surface area contributed by atoms with E-state index in [2.05, 4.69) is 0 Å². The van der Waals surface area contributed by atoms with Crippen LogP contribution in [-0.4, -0.2) is 10.2 Å². The Morgan fingerprint density at radius 1 is 1.09 bits per heavy atom. The number of hydrogen-bond donors (Lipinski definition) is 2. The average Bonchev–Trinajstić information content (AvgIpc) is 2.48. The molecule has 0 aliphatic heterocycles. The molecule has 4 heteroatoms. The van der Waals surface area contributed by atoms with Crippen molar-refractivity contribution in [3.8, 4) is 11.5 Å². The van der Waals surface area contributed by atoms with E-state index in [1.165, 1.54) is 0 Å². The third-order valence-corrected chi connectivity index (χ3v) is 4.34. The van der Waals surface area contributed by atoms with Gasteiger partial charge in [0, 0.05) is 18.4 Å². The minimum absolute atomic E-state index is 0.0458. The summed E-state index contributed by atoms with van der Waals surface area (Å²) in [5.74, 6) is 0.828. The summed E-state index contributed by atoms with van der Waals surface area (Å²) in [6, 6.07) is 3.72. The summed E-state index contributed by atoms with van der Waals surface area (Å²) in [7, 11) is 0. The van der Waals surface area contributed by atoms with Gasteiger partial charge in [0.1, 0.15) is 17.3 Å². The van der Waals surface area contributed by atoms with Crippen LogP contribution in [0.15, 0.2) is 21.3 Å². The lowest BCUT2D eigenvalue weighted by molar-refractivity contribution is 0.385. The van der Waals surface area contributed by atoms with E-state index in [4.69, 9.17) is 4.42 Å². The number of hydrogen-bond acceptors (Lipinski definition) is 4. The molecule has 1 aliphatic carbocycles. The summed E-state index contributed by atoms with van der Waals surface area (Å²) in [5, 5.41) is 20.7. The summed E-state index contributed by atoms with van der Waals surface area (Å²) in [6.45, 7) is 3.76. The molecule has 0 atom stereocenters. The topological polar surface area (TPSA) is 70.7 Å².